The maximum Gasteiger partial charge on any atom is 0.0365 e. The third kappa shape index (κ3) is 2.60. The third-order valence-electron chi connectivity index (χ3n) is 3.34. The van der Waals surface area contributed by atoms with Crippen molar-refractivity contribution < 1.29 is 0 Å². The second-order valence-electron chi connectivity index (χ2n) is 4.22. The minimum Gasteiger partial charge on any atom is -0.271 e. The number of thioether (sulfide) groups is 2. The fourth-order valence-electron chi connectivity index (χ4n) is 2.58. The molecule has 2 unspecified atom stereocenters. The van der Waals surface area contributed by atoms with E-state index in [9.17, 15) is 0 Å². The Morgan fingerprint density at radius 3 is 2.57 bits per heavy atom. The van der Waals surface area contributed by atoms with Crippen LogP contribution < -0.4 is 11.3 Å². The maximum atomic E-state index is 5.71. The van der Waals surface area contributed by atoms with E-state index in [-0.39, 0.29) is 0 Å². The van der Waals surface area contributed by atoms with Crippen LogP contribution in [0.25, 0.3) is 0 Å². The van der Waals surface area contributed by atoms with Gasteiger partial charge in [0.1, 0.15) is 0 Å². The van der Waals surface area contributed by atoms with Crippen LogP contribution in [0.1, 0.15) is 25.7 Å². The molecule has 3 N–H and O–H groups in total. The number of nitrogens with one attached hydrogen (secondary N) is 1. The monoisotopic (exact) mass is 232 g/mol. The summed E-state index contributed by atoms with van der Waals surface area (Å²) in [5.41, 5.74) is 3.08. The molecule has 0 aromatic carbocycles. The van der Waals surface area contributed by atoms with Gasteiger partial charge in [-0.15, -0.1) is 0 Å². The van der Waals surface area contributed by atoms with Crippen molar-refractivity contribution in [1.29, 1.82) is 0 Å². The molecular formula is C10H20N2S2. The van der Waals surface area contributed by atoms with Gasteiger partial charge in [-0.3, -0.25) is 11.3 Å². The molecule has 2 aliphatic rings. The highest BCUT2D eigenvalue weighted by atomic mass is 32.2. The van der Waals surface area contributed by atoms with Gasteiger partial charge < -0.3 is 0 Å². The van der Waals surface area contributed by atoms with Gasteiger partial charge in [-0.25, -0.2) is 0 Å². The predicted molar refractivity (Wildman–Crippen MR) is 66.6 cm³/mol. The fraction of sp³-hybridized carbons (Fsp3) is 1.00. The molecule has 0 spiro atoms. The highest BCUT2D eigenvalue weighted by Gasteiger charge is 2.32. The summed E-state index contributed by atoms with van der Waals surface area (Å²) in [5, 5.41) is 0.752. The zero-order valence-electron chi connectivity index (χ0n) is 8.58. The molecule has 0 radical (unpaired) electrons. The van der Waals surface area contributed by atoms with Crippen LogP contribution in [0.15, 0.2) is 0 Å². The van der Waals surface area contributed by atoms with Gasteiger partial charge in [-0.1, -0.05) is 12.8 Å². The van der Waals surface area contributed by atoms with E-state index in [1.165, 1.54) is 42.9 Å². The first-order chi connectivity index (χ1) is 6.92. The van der Waals surface area contributed by atoms with Gasteiger partial charge in [0.15, 0.2) is 0 Å². The van der Waals surface area contributed by atoms with E-state index in [0.29, 0.717) is 6.04 Å². The molecule has 0 aromatic heterocycles. The number of rotatable bonds is 3. The van der Waals surface area contributed by atoms with Crippen molar-refractivity contribution in [3.63, 3.8) is 0 Å². The van der Waals surface area contributed by atoms with E-state index in [0.717, 1.165) is 11.2 Å². The normalized spacial score (nSPS) is 31.9. The Kier molecular flexibility index (Phi) is 4.47. The lowest BCUT2D eigenvalue weighted by Crippen LogP contribution is -2.48. The number of nitrogens with two attached hydrogens (primary N) is 1. The number of hydrogen-bond acceptors (Lipinski definition) is 4. The summed E-state index contributed by atoms with van der Waals surface area (Å²) in [4.78, 5) is 0. The second-order valence-corrected chi connectivity index (χ2v) is 6.72. The van der Waals surface area contributed by atoms with Crippen molar-refractivity contribution in [3.05, 3.63) is 0 Å². The Morgan fingerprint density at radius 1 is 1.21 bits per heavy atom. The van der Waals surface area contributed by atoms with Gasteiger partial charge in [-0.2, -0.15) is 23.5 Å². The Hall–Kier alpha value is 0.620. The van der Waals surface area contributed by atoms with E-state index in [1.54, 1.807) is 0 Å². The van der Waals surface area contributed by atoms with Crippen molar-refractivity contribution in [3.8, 4) is 0 Å². The minimum atomic E-state index is 0.565. The Morgan fingerprint density at radius 2 is 2.00 bits per heavy atom. The zero-order valence-corrected chi connectivity index (χ0v) is 10.2. The average Bonchev–Trinajstić information content (AvgIpc) is 2.74. The molecule has 0 aromatic rings. The van der Waals surface area contributed by atoms with Crippen LogP contribution in [-0.2, 0) is 0 Å². The van der Waals surface area contributed by atoms with E-state index >= 15 is 0 Å². The van der Waals surface area contributed by atoms with E-state index < -0.39 is 0 Å². The van der Waals surface area contributed by atoms with Gasteiger partial charge in [0.25, 0.3) is 0 Å². The fourth-order valence-corrected chi connectivity index (χ4v) is 5.52. The Balaban J connectivity index is 1.89. The molecular weight excluding hydrogens is 212 g/mol. The first-order valence-electron chi connectivity index (χ1n) is 5.57. The minimum absolute atomic E-state index is 0.565. The Bertz CT molecular complexity index is 166. The van der Waals surface area contributed by atoms with Crippen LogP contribution in [0.5, 0.6) is 0 Å². The molecule has 1 heterocycles. The lowest BCUT2D eigenvalue weighted by molar-refractivity contribution is 0.363. The summed E-state index contributed by atoms with van der Waals surface area (Å²) in [6.07, 6.45) is 5.59. The van der Waals surface area contributed by atoms with Crippen LogP contribution >= 0.6 is 23.5 Å². The summed E-state index contributed by atoms with van der Waals surface area (Å²) >= 11 is 4.21. The van der Waals surface area contributed by atoms with E-state index in [4.69, 9.17) is 5.84 Å². The molecule has 2 atom stereocenters. The average molecular weight is 232 g/mol. The van der Waals surface area contributed by atoms with Gasteiger partial charge in [0, 0.05) is 28.6 Å². The molecule has 1 aliphatic carbocycles. The largest absolute Gasteiger partial charge is 0.271 e. The first-order valence-corrected chi connectivity index (χ1v) is 7.77. The molecule has 1 saturated heterocycles. The summed E-state index contributed by atoms with van der Waals surface area (Å²) in [5.74, 6) is 10.5. The van der Waals surface area contributed by atoms with Crippen molar-refractivity contribution >= 4 is 23.5 Å². The van der Waals surface area contributed by atoms with E-state index in [1.807, 2.05) is 0 Å². The summed E-state index contributed by atoms with van der Waals surface area (Å²) in [7, 11) is 0. The van der Waals surface area contributed by atoms with Crippen LogP contribution in [0.2, 0.25) is 0 Å². The van der Waals surface area contributed by atoms with Crippen LogP contribution in [0, 0.1) is 5.92 Å². The molecule has 4 heteroatoms. The molecule has 2 nitrogen and oxygen atoms in total. The number of hydrazine groups is 1. The van der Waals surface area contributed by atoms with Gasteiger partial charge in [0.2, 0.25) is 0 Å². The van der Waals surface area contributed by atoms with Crippen molar-refractivity contribution in [2.75, 3.05) is 17.3 Å². The summed E-state index contributed by atoms with van der Waals surface area (Å²) < 4.78 is 0. The SMILES string of the molecule is NNC(C1CCCC1)C1CSCCS1. The third-order valence-corrected chi connectivity index (χ3v) is 6.23. The smallest absolute Gasteiger partial charge is 0.0365 e. The quantitative estimate of drug-likeness (QED) is 0.575. The van der Waals surface area contributed by atoms with Crippen molar-refractivity contribution in [2.45, 2.75) is 37.0 Å². The summed E-state index contributed by atoms with van der Waals surface area (Å²) in [6, 6.07) is 0.565. The zero-order chi connectivity index (χ0) is 9.80. The van der Waals surface area contributed by atoms with Crippen molar-refractivity contribution in [2.24, 2.45) is 11.8 Å². The molecule has 82 valence electrons. The molecule has 1 saturated carbocycles. The Labute approximate surface area is 95.1 Å². The molecule has 0 amide bonds. The molecule has 2 rings (SSSR count). The van der Waals surface area contributed by atoms with Gasteiger partial charge >= 0.3 is 0 Å². The molecule has 2 fully saturated rings. The molecule has 14 heavy (non-hydrogen) atoms. The summed E-state index contributed by atoms with van der Waals surface area (Å²) in [6.45, 7) is 0. The van der Waals surface area contributed by atoms with Crippen LogP contribution in [0.3, 0.4) is 0 Å². The van der Waals surface area contributed by atoms with Gasteiger partial charge in [-0.05, 0) is 18.8 Å². The first kappa shape index (κ1) is 11.1. The lowest BCUT2D eigenvalue weighted by atomic mass is 9.96. The number of hydrogen-bond donors (Lipinski definition) is 2. The molecule has 0 bridgehead atoms. The topological polar surface area (TPSA) is 38.0 Å². The van der Waals surface area contributed by atoms with Gasteiger partial charge in [0.05, 0.1) is 0 Å². The highest BCUT2D eigenvalue weighted by molar-refractivity contribution is 8.06. The van der Waals surface area contributed by atoms with E-state index in [2.05, 4.69) is 28.9 Å². The van der Waals surface area contributed by atoms with Crippen molar-refractivity contribution in [1.82, 2.24) is 5.43 Å². The maximum absolute atomic E-state index is 5.71. The van der Waals surface area contributed by atoms with Crippen LogP contribution in [0.4, 0.5) is 0 Å². The highest BCUT2D eigenvalue weighted by Crippen LogP contribution is 2.35. The predicted octanol–water partition coefficient (Wildman–Crippen LogP) is 1.86. The standard InChI is InChI=1S/C10H20N2S2/c11-12-10(8-3-1-2-4-8)9-7-13-5-6-14-9/h8-10,12H,1-7,11H2. The lowest BCUT2D eigenvalue weighted by Gasteiger charge is -2.32. The van der Waals surface area contributed by atoms with Crippen LogP contribution in [-0.4, -0.2) is 28.6 Å². The molecule has 1 aliphatic heterocycles. The second kappa shape index (κ2) is 5.64.